The van der Waals surface area contributed by atoms with Gasteiger partial charge in [0, 0.05) is 0 Å². The van der Waals surface area contributed by atoms with Crippen molar-refractivity contribution in [1.82, 2.24) is 0 Å². The Morgan fingerprint density at radius 1 is 0.700 bits per heavy atom. The summed E-state index contributed by atoms with van der Waals surface area (Å²) in [5, 5.41) is 0. The molecule has 0 spiro atoms. The first kappa shape index (κ1) is 29.0. The minimum Gasteiger partial charge on any atom is -1.00 e. The van der Waals surface area contributed by atoms with E-state index >= 15 is 0 Å². The Morgan fingerprint density at radius 2 is 0.850 bits per heavy atom. The Bertz CT molecular complexity index is 219. The Labute approximate surface area is 150 Å². The van der Waals surface area contributed by atoms with Gasteiger partial charge in [0.25, 0.3) is 0 Å². The second kappa shape index (κ2) is 24.9. The average Bonchev–Trinajstić information content (AvgIpc) is 2.33. The van der Waals surface area contributed by atoms with Crippen LogP contribution in [0, 0.1) is 0 Å². The molecule has 0 aliphatic rings. The molecule has 0 unspecified atom stereocenters. The quantitative estimate of drug-likeness (QED) is 0.388. The molecule has 0 aromatic rings. The maximum absolute atomic E-state index is 8.74. The van der Waals surface area contributed by atoms with E-state index in [0.717, 1.165) is 0 Å². The second-order valence-corrected chi connectivity index (χ2v) is 5.17. The monoisotopic (exact) mass is 322 g/mol. The molecule has 0 saturated heterocycles. The fraction of sp³-hybridized carbons (Fsp3) is 1.00. The maximum Gasteiger partial charge on any atom is 1.00 e. The van der Waals surface area contributed by atoms with E-state index in [9.17, 15) is 0 Å². The van der Waals surface area contributed by atoms with Crippen LogP contribution >= 0.6 is 0 Å². The van der Waals surface area contributed by atoms with Gasteiger partial charge in [0.05, 0.1) is 0 Å². The molecule has 0 atom stereocenters. The molecule has 6 heteroatoms. The Kier molecular flexibility index (Phi) is 36.0. The van der Waals surface area contributed by atoms with Crippen LogP contribution < -0.4 is 29.6 Å². The topological polar surface area (TPSA) is 74.6 Å². The van der Waals surface area contributed by atoms with Crippen molar-refractivity contribution in [3.63, 3.8) is 0 Å². The molecule has 0 amide bonds. The average molecular weight is 322 g/mol. The smallest absolute Gasteiger partial charge is 1.00 e. The van der Waals surface area contributed by atoms with Gasteiger partial charge >= 0.3 is 40.0 Å². The molecule has 0 rings (SSSR count). The van der Waals surface area contributed by atoms with Crippen LogP contribution in [0.15, 0.2) is 0 Å². The summed E-state index contributed by atoms with van der Waals surface area (Å²) in [6.07, 6.45) is 14.4. The van der Waals surface area contributed by atoms with Gasteiger partial charge in [-0.2, -0.15) is 8.42 Å². The van der Waals surface area contributed by atoms with Crippen LogP contribution in [0.25, 0.3) is 0 Å². The zero-order chi connectivity index (χ0) is 15.6. The zero-order valence-corrected chi connectivity index (χ0v) is 17.0. The summed E-state index contributed by atoms with van der Waals surface area (Å²) in [5.41, 5.74) is 0. The molecule has 0 aliphatic heterocycles. The van der Waals surface area contributed by atoms with Crippen molar-refractivity contribution < 1.29 is 48.5 Å². The van der Waals surface area contributed by atoms with E-state index in [2.05, 4.69) is 13.8 Å². The van der Waals surface area contributed by atoms with Crippen molar-refractivity contribution in [2.75, 3.05) is 0 Å². The molecule has 0 saturated carbocycles. The summed E-state index contributed by atoms with van der Waals surface area (Å²) in [5.74, 6) is 0. The summed E-state index contributed by atoms with van der Waals surface area (Å²) in [7, 11) is -4.67. The van der Waals surface area contributed by atoms with Crippen LogP contribution in [-0.2, 0) is 10.4 Å². The molecular formula is C14H35NaO4S. The van der Waals surface area contributed by atoms with Crippen molar-refractivity contribution >= 4 is 10.4 Å². The fourth-order valence-electron chi connectivity index (χ4n) is 1.56. The Balaban J connectivity index is -0.0000000813. The molecular weight excluding hydrogens is 287 g/mol. The number of hydrogen-bond acceptors (Lipinski definition) is 2. The molecule has 0 radical (unpaired) electrons. The van der Waals surface area contributed by atoms with Gasteiger partial charge in [-0.05, 0) is 0 Å². The number of unbranched alkanes of at least 4 members (excludes halogenated alkanes) is 9. The predicted molar refractivity (Wildman–Crippen MR) is 84.2 cm³/mol. The molecule has 0 aromatic carbocycles. The van der Waals surface area contributed by atoms with Gasteiger partial charge in [-0.15, -0.1) is 0 Å². The Morgan fingerprint density at radius 3 is 1.00 bits per heavy atom. The van der Waals surface area contributed by atoms with Gasteiger partial charge in [0.2, 0.25) is 0 Å². The van der Waals surface area contributed by atoms with Crippen LogP contribution in [0.3, 0.4) is 0 Å². The summed E-state index contributed by atoms with van der Waals surface area (Å²) < 4.78 is 31.6. The fourth-order valence-corrected chi connectivity index (χ4v) is 1.56. The van der Waals surface area contributed by atoms with E-state index in [0.29, 0.717) is 0 Å². The van der Waals surface area contributed by atoms with Crippen molar-refractivity contribution in [1.29, 1.82) is 0 Å². The van der Waals surface area contributed by atoms with E-state index < -0.39 is 10.4 Å². The first-order valence-corrected chi connectivity index (χ1v) is 9.01. The van der Waals surface area contributed by atoms with Gasteiger partial charge in [-0.1, -0.05) is 91.9 Å². The zero-order valence-electron chi connectivity index (χ0n) is 15.2. The van der Waals surface area contributed by atoms with Crippen LogP contribution in [-0.4, -0.2) is 17.5 Å². The summed E-state index contributed by atoms with van der Waals surface area (Å²) in [6.45, 7) is 8.56. The molecule has 0 aliphatic carbocycles. The standard InChI is InChI=1S/C12H26.C2H6.Na.H2O4S.H/c1-3-5-7-9-11-12-10-8-6-4-2;1-2;;1-5(2,3)4;/h3-12H2,1-2H3;1-2H3;;(H2,1,2,3,4);/q;;+1;;-1. The van der Waals surface area contributed by atoms with Gasteiger partial charge in [-0.3, -0.25) is 9.11 Å². The van der Waals surface area contributed by atoms with Gasteiger partial charge in [0.1, 0.15) is 0 Å². The van der Waals surface area contributed by atoms with Crippen molar-refractivity contribution in [3.8, 4) is 0 Å². The molecule has 4 nitrogen and oxygen atoms in total. The van der Waals surface area contributed by atoms with E-state index in [4.69, 9.17) is 17.5 Å². The van der Waals surface area contributed by atoms with Crippen LogP contribution in [0.5, 0.6) is 0 Å². The van der Waals surface area contributed by atoms with Crippen LogP contribution in [0.2, 0.25) is 0 Å². The molecule has 122 valence electrons. The van der Waals surface area contributed by atoms with E-state index in [1.807, 2.05) is 13.8 Å². The number of rotatable bonds is 9. The third-order valence-corrected chi connectivity index (χ3v) is 2.46. The predicted octanol–water partition coefficient (Wildman–Crippen LogP) is 2.42. The summed E-state index contributed by atoms with van der Waals surface area (Å²) >= 11 is 0. The first-order valence-electron chi connectivity index (χ1n) is 7.61. The molecule has 2 N–H and O–H groups in total. The largest absolute Gasteiger partial charge is 1.00 e. The van der Waals surface area contributed by atoms with E-state index in [1.165, 1.54) is 64.2 Å². The van der Waals surface area contributed by atoms with Crippen molar-refractivity contribution in [2.24, 2.45) is 0 Å². The van der Waals surface area contributed by atoms with Crippen molar-refractivity contribution in [2.45, 2.75) is 91.9 Å². The minimum atomic E-state index is -4.67. The molecule has 0 heterocycles. The van der Waals surface area contributed by atoms with Crippen LogP contribution in [0.4, 0.5) is 0 Å². The third kappa shape index (κ3) is 61.9. The summed E-state index contributed by atoms with van der Waals surface area (Å²) in [4.78, 5) is 0. The van der Waals surface area contributed by atoms with Crippen molar-refractivity contribution in [3.05, 3.63) is 0 Å². The normalized spacial score (nSPS) is 9.50. The van der Waals surface area contributed by atoms with Crippen LogP contribution in [0.1, 0.15) is 93.3 Å². The second-order valence-electron chi connectivity index (χ2n) is 4.28. The number of hydrogen-bond donors (Lipinski definition) is 2. The molecule has 0 aromatic heterocycles. The third-order valence-electron chi connectivity index (χ3n) is 2.46. The summed E-state index contributed by atoms with van der Waals surface area (Å²) in [6, 6.07) is 0. The van der Waals surface area contributed by atoms with Gasteiger partial charge in [0.15, 0.2) is 0 Å². The minimum absolute atomic E-state index is 0. The molecule has 0 fully saturated rings. The molecule has 20 heavy (non-hydrogen) atoms. The SMILES string of the molecule is CC.CCCCCCCCCCCC.O=S(=O)(O)O.[H-].[Na+]. The maximum atomic E-state index is 8.74. The van der Waals surface area contributed by atoms with Gasteiger partial charge in [-0.25, -0.2) is 0 Å². The van der Waals surface area contributed by atoms with Gasteiger partial charge < -0.3 is 1.43 Å². The van der Waals surface area contributed by atoms with E-state index in [-0.39, 0.29) is 31.0 Å². The Hall–Kier alpha value is 0.870. The van der Waals surface area contributed by atoms with E-state index in [1.54, 1.807) is 0 Å². The molecule has 0 bridgehead atoms. The first-order chi connectivity index (χ1) is 8.91.